The molecule has 0 aromatic carbocycles. The average Bonchev–Trinajstić information content (AvgIpc) is 3.19. The SMILES string of the molecule is C[C@H]1C[C@@]2(CCN1Cc1cnc(NC3CCC(O)CC3)nc1)OCC(O)c1cc(Cl)sc12. The monoisotopic (exact) mass is 478 g/mol. The van der Waals surface area contributed by atoms with Crippen molar-refractivity contribution in [3.05, 3.63) is 38.8 Å². The molecule has 7 nitrogen and oxygen atoms in total. The van der Waals surface area contributed by atoms with Crippen LogP contribution in [0.25, 0.3) is 0 Å². The minimum absolute atomic E-state index is 0.158. The van der Waals surface area contributed by atoms with Gasteiger partial charge in [-0.25, -0.2) is 9.97 Å². The summed E-state index contributed by atoms with van der Waals surface area (Å²) in [5.74, 6) is 0.664. The molecule has 3 N–H and O–H groups in total. The molecule has 0 radical (unpaired) electrons. The molecule has 5 rings (SSSR count). The first kappa shape index (κ1) is 22.5. The highest BCUT2D eigenvalue weighted by atomic mass is 35.5. The summed E-state index contributed by atoms with van der Waals surface area (Å²) in [6, 6.07) is 2.56. The Morgan fingerprint density at radius 2 is 2.00 bits per heavy atom. The molecular formula is C23H31ClN4O3S. The van der Waals surface area contributed by atoms with E-state index >= 15 is 0 Å². The zero-order valence-electron chi connectivity index (χ0n) is 18.3. The zero-order valence-corrected chi connectivity index (χ0v) is 19.9. The normalized spacial score (nSPS) is 33.2. The van der Waals surface area contributed by atoms with Gasteiger partial charge in [-0.1, -0.05) is 11.6 Å². The summed E-state index contributed by atoms with van der Waals surface area (Å²) in [5.41, 5.74) is 1.69. The molecule has 1 unspecified atom stereocenters. The van der Waals surface area contributed by atoms with Gasteiger partial charge in [-0.15, -0.1) is 11.3 Å². The van der Waals surface area contributed by atoms with Crippen LogP contribution in [0.4, 0.5) is 5.95 Å². The Bertz CT molecular complexity index is 934. The molecule has 0 amide bonds. The predicted molar refractivity (Wildman–Crippen MR) is 125 cm³/mol. The Morgan fingerprint density at radius 3 is 2.72 bits per heavy atom. The minimum Gasteiger partial charge on any atom is -0.393 e. The molecule has 32 heavy (non-hydrogen) atoms. The number of nitrogens with one attached hydrogen (secondary N) is 1. The summed E-state index contributed by atoms with van der Waals surface area (Å²) in [6.07, 6.45) is 8.41. The number of aliphatic hydroxyl groups is 2. The van der Waals surface area contributed by atoms with Crippen molar-refractivity contribution in [2.45, 2.75) is 81.9 Å². The summed E-state index contributed by atoms with van der Waals surface area (Å²) in [6.45, 7) is 4.26. The van der Waals surface area contributed by atoms with Crippen molar-refractivity contribution >= 4 is 28.9 Å². The Hall–Kier alpha value is -1.29. The molecule has 2 aliphatic heterocycles. The largest absolute Gasteiger partial charge is 0.393 e. The van der Waals surface area contributed by atoms with Gasteiger partial charge in [-0.2, -0.15) is 0 Å². The molecule has 0 bridgehead atoms. The summed E-state index contributed by atoms with van der Waals surface area (Å²) >= 11 is 7.83. The highest BCUT2D eigenvalue weighted by molar-refractivity contribution is 7.16. The number of piperidine rings is 1. The van der Waals surface area contributed by atoms with Crippen LogP contribution < -0.4 is 5.32 Å². The van der Waals surface area contributed by atoms with Crippen LogP contribution in [0.1, 0.15) is 67.6 Å². The molecule has 1 saturated carbocycles. The Balaban J connectivity index is 1.20. The van der Waals surface area contributed by atoms with Gasteiger partial charge in [0.05, 0.1) is 17.0 Å². The maximum absolute atomic E-state index is 10.3. The lowest BCUT2D eigenvalue weighted by Gasteiger charge is -2.47. The van der Waals surface area contributed by atoms with Gasteiger partial charge in [-0.05, 0) is 51.5 Å². The van der Waals surface area contributed by atoms with E-state index in [1.807, 2.05) is 18.5 Å². The lowest BCUT2D eigenvalue weighted by atomic mass is 9.81. The van der Waals surface area contributed by atoms with Crippen molar-refractivity contribution in [1.82, 2.24) is 14.9 Å². The number of hydrogen-bond donors (Lipinski definition) is 3. The van der Waals surface area contributed by atoms with Crippen molar-refractivity contribution in [2.24, 2.45) is 0 Å². The maximum atomic E-state index is 10.3. The maximum Gasteiger partial charge on any atom is 0.222 e. The third-order valence-corrected chi connectivity index (χ3v) is 8.66. The summed E-state index contributed by atoms with van der Waals surface area (Å²) in [5, 5.41) is 23.4. The van der Waals surface area contributed by atoms with Crippen LogP contribution in [0, 0.1) is 0 Å². The highest BCUT2D eigenvalue weighted by Gasteiger charge is 2.46. The van der Waals surface area contributed by atoms with Gasteiger partial charge in [0.1, 0.15) is 11.7 Å². The number of halogens is 1. The van der Waals surface area contributed by atoms with E-state index in [9.17, 15) is 10.2 Å². The number of thiophene rings is 1. The molecule has 3 atom stereocenters. The van der Waals surface area contributed by atoms with Gasteiger partial charge in [0.2, 0.25) is 5.95 Å². The number of likely N-dealkylation sites (tertiary alicyclic amines) is 1. The number of ether oxygens (including phenoxy) is 1. The summed E-state index contributed by atoms with van der Waals surface area (Å²) in [7, 11) is 0. The van der Waals surface area contributed by atoms with Crippen LogP contribution in [0.2, 0.25) is 4.34 Å². The average molecular weight is 479 g/mol. The van der Waals surface area contributed by atoms with Crippen molar-refractivity contribution in [2.75, 3.05) is 18.5 Å². The molecule has 2 aromatic rings. The van der Waals surface area contributed by atoms with Crippen molar-refractivity contribution in [1.29, 1.82) is 0 Å². The first-order valence-corrected chi connectivity index (χ1v) is 12.7. The molecule has 174 valence electrons. The number of fused-ring (bicyclic) bond motifs is 2. The van der Waals surface area contributed by atoms with Crippen LogP contribution >= 0.6 is 22.9 Å². The van der Waals surface area contributed by atoms with Gasteiger partial charge in [-0.3, -0.25) is 4.90 Å². The first-order valence-electron chi connectivity index (χ1n) is 11.5. The Morgan fingerprint density at radius 1 is 1.25 bits per heavy atom. The van der Waals surface area contributed by atoms with Crippen molar-refractivity contribution in [3.63, 3.8) is 0 Å². The minimum atomic E-state index is -0.587. The molecular weight excluding hydrogens is 448 g/mol. The highest BCUT2D eigenvalue weighted by Crippen LogP contribution is 2.50. The van der Waals surface area contributed by atoms with Gasteiger partial charge < -0.3 is 20.3 Å². The quantitative estimate of drug-likeness (QED) is 0.614. The second kappa shape index (κ2) is 9.16. The lowest BCUT2D eigenvalue weighted by molar-refractivity contribution is -0.139. The predicted octanol–water partition coefficient (Wildman–Crippen LogP) is 3.85. The number of rotatable bonds is 4. The third kappa shape index (κ3) is 4.54. The standard InChI is InChI=1S/C23H31ClN4O3S/c1-14-9-23(21-18(8-20(24)32-21)19(30)13-31-23)6-7-28(14)12-15-10-25-22(26-11-15)27-16-2-4-17(29)5-3-16/h8,10-11,14,16-17,19,29-30H,2-7,9,12-13H2,1H3,(H,25,26,27)/t14-,16?,17?,19?,23+/m0/s1. The second-order valence-electron chi connectivity index (χ2n) is 9.49. The van der Waals surface area contributed by atoms with E-state index in [2.05, 4.69) is 27.1 Å². The van der Waals surface area contributed by atoms with E-state index in [1.54, 1.807) is 11.3 Å². The Labute approximate surface area is 197 Å². The van der Waals surface area contributed by atoms with Crippen LogP contribution in [-0.4, -0.2) is 56.4 Å². The van der Waals surface area contributed by atoms with E-state index in [0.717, 1.165) is 67.6 Å². The summed E-state index contributed by atoms with van der Waals surface area (Å²) < 4.78 is 6.96. The first-order chi connectivity index (χ1) is 15.4. The van der Waals surface area contributed by atoms with Crippen LogP contribution in [0.15, 0.2) is 18.5 Å². The number of nitrogens with zero attached hydrogens (tertiary/aromatic N) is 3. The smallest absolute Gasteiger partial charge is 0.222 e. The fraction of sp³-hybridized carbons (Fsp3) is 0.652. The van der Waals surface area contributed by atoms with Crippen LogP contribution in [-0.2, 0) is 16.9 Å². The van der Waals surface area contributed by atoms with E-state index in [0.29, 0.717) is 29.0 Å². The lowest BCUT2D eigenvalue weighted by Crippen LogP contribution is -2.50. The van der Waals surface area contributed by atoms with Gasteiger partial charge in [0.15, 0.2) is 0 Å². The second-order valence-corrected chi connectivity index (χ2v) is 11.2. The van der Waals surface area contributed by atoms with E-state index in [4.69, 9.17) is 16.3 Å². The van der Waals surface area contributed by atoms with Gasteiger partial charge in [0, 0.05) is 53.6 Å². The van der Waals surface area contributed by atoms with E-state index < -0.39 is 6.10 Å². The molecule has 1 spiro atoms. The van der Waals surface area contributed by atoms with E-state index in [-0.39, 0.29) is 11.7 Å². The fourth-order valence-electron chi connectivity index (χ4n) is 5.34. The molecule has 9 heteroatoms. The van der Waals surface area contributed by atoms with Gasteiger partial charge >= 0.3 is 0 Å². The molecule has 2 fully saturated rings. The van der Waals surface area contributed by atoms with Crippen LogP contribution in [0.3, 0.4) is 0 Å². The van der Waals surface area contributed by atoms with E-state index in [1.165, 1.54) is 0 Å². The van der Waals surface area contributed by atoms with Crippen molar-refractivity contribution < 1.29 is 14.9 Å². The summed E-state index contributed by atoms with van der Waals surface area (Å²) in [4.78, 5) is 12.6. The topological polar surface area (TPSA) is 90.7 Å². The molecule has 1 saturated heterocycles. The van der Waals surface area contributed by atoms with Gasteiger partial charge in [0.25, 0.3) is 0 Å². The number of aliphatic hydroxyl groups excluding tert-OH is 2. The molecule has 1 aliphatic carbocycles. The molecule has 3 aliphatic rings. The molecule has 2 aromatic heterocycles. The number of aromatic nitrogens is 2. The Kier molecular flexibility index (Phi) is 6.44. The third-order valence-electron chi connectivity index (χ3n) is 7.19. The fourth-order valence-corrected chi connectivity index (χ4v) is 6.82. The number of hydrogen-bond acceptors (Lipinski definition) is 8. The zero-order chi connectivity index (χ0) is 22.3. The number of anilines is 1. The van der Waals surface area contributed by atoms with Crippen LogP contribution in [0.5, 0.6) is 0 Å². The van der Waals surface area contributed by atoms with Crippen molar-refractivity contribution in [3.8, 4) is 0 Å². The molecule has 4 heterocycles.